The molecule has 0 bridgehead atoms. The average Bonchev–Trinajstić information content (AvgIpc) is 2.23. The van der Waals surface area contributed by atoms with E-state index in [0.29, 0.717) is 5.39 Å². The molecular weight excluding hydrogens is 199 g/mol. The smallest absolute Gasteiger partial charge is 0.336 e. The van der Waals surface area contributed by atoms with E-state index in [1.807, 2.05) is 0 Å². The molecule has 0 saturated heterocycles. The molecule has 0 aliphatic carbocycles. The molecule has 0 fully saturated rings. The fourth-order valence-electron chi connectivity index (χ4n) is 1.40. The summed E-state index contributed by atoms with van der Waals surface area (Å²) in [4.78, 5) is 14.7. The Morgan fingerprint density at radius 2 is 2.13 bits per heavy atom. The monoisotopic (exact) mass is 206 g/mol. The molecule has 5 heteroatoms. The first kappa shape index (κ1) is 9.39. The molecule has 1 aromatic carbocycles. The molecule has 76 valence electrons. The van der Waals surface area contributed by atoms with E-state index in [2.05, 4.69) is 4.98 Å². The number of hydrogen-bond donors (Lipinski definition) is 2. The molecule has 0 aliphatic rings. The number of nitrogen functional groups attached to an aromatic ring is 1. The summed E-state index contributed by atoms with van der Waals surface area (Å²) in [5.74, 6) is -1.69. The summed E-state index contributed by atoms with van der Waals surface area (Å²) in [5, 5.41) is 9.22. The lowest BCUT2D eigenvalue weighted by Gasteiger charge is -2.04. The van der Waals surface area contributed by atoms with Crippen LogP contribution in [-0.4, -0.2) is 16.1 Å². The van der Waals surface area contributed by atoms with Crippen LogP contribution in [0.4, 0.5) is 10.1 Å². The topological polar surface area (TPSA) is 76.2 Å². The number of aromatic nitrogens is 1. The summed E-state index contributed by atoms with van der Waals surface area (Å²) in [6.45, 7) is 0. The number of rotatable bonds is 1. The van der Waals surface area contributed by atoms with Crippen LogP contribution in [0, 0.1) is 5.82 Å². The molecule has 2 rings (SSSR count). The third-order valence-corrected chi connectivity index (χ3v) is 2.13. The van der Waals surface area contributed by atoms with Gasteiger partial charge in [-0.15, -0.1) is 0 Å². The maximum atomic E-state index is 13.1. The minimum Gasteiger partial charge on any atom is -0.478 e. The maximum Gasteiger partial charge on any atom is 0.336 e. The first-order valence-corrected chi connectivity index (χ1v) is 4.17. The van der Waals surface area contributed by atoms with Gasteiger partial charge in [0.1, 0.15) is 5.82 Å². The first-order chi connectivity index (χ1) is 7.11. The molecule has 2 aromatic rings. The van der Waals surface area contributed by atoms with Crippen LogP contribution < -0.4 is 5.73 Å². The van der Waals surface area contributed by atoms with Crippen molar-refractivity contribution in [2.24, 2.45) is 0 Å². The van der Waals surface area contributed by atoms with Gasteiger partial charge in [0.2, 0.25) is 0 Å². The van der Waals surface area contributed by atoms with Crippen molar-refractivity contribution in [3.63, 3.8) is 0 Å². The number of carboxylic acids is 1. The van der Waals surface area contributed by atoms with Crippen molar-refractivity contribution in [1.29, 1.82) is 0 Å². The molecule has 0 aliphatic heterocycles. The number of halogens is 1. The molecule has 15 heavy (non-hydrogen) atoms. The predicted molar refractivity (Wildman–Crippen MR) is 53.1 cm³/mol. The quantitative estimate of drug-likeness (QED) is 0.695. The number of pyridine rings is 1. The minimum absolute atomic E-state index is 0.0618. The standard InChI is InChI=1S/C10H7FN2O2/c11-7-2-1-5-6(10(14)15)3-4-13-9(5)8(7)12/h1-4H,12H2,(H,14,15). The van der Waals surface area contributed by atoms with Gasteiger partial charge < -0.3 is 10.8 Å². The highest BCUT2D eigenvalue weighted by Crippen LogP contribution is 2.24. The predicted octanol–water partition coefficient (Wildman–Crippen LogP) is 1.65. The van der Waals surface area contributed by atoms with Crippen LogP contribution >= 0.6 is 0 Å². The molecular formula is C10H7FN2O2. The van der Waals surface area contributed by atoms with Crippen molar-refractivity contribution in [2.45, 2.75) is 0 Å². The molecule has 0 saturated carbocycles. The van der Waals surface area contributed by atoms with E-state index in [-0.39, 0.29) is 16.8 Å². The van der Waals surface area contributed by atoms with Gasteiger partial charge in [-0.3, -0.25) is 4.98 Å². The third-order valence-electron chi connectivity index (χ3n) is 2.13. The number of carboxylic acid groups (broad SMARTS) is 1. The minimum atomic E-state index is -1.09. The van der Waals surface area contributed by atoms with Gasteiger partial charge in [-0.2, -0.15) is 0 Å². The summed E-state index contributed by atoms with van der Waals surface area (Å²) in [5.41, 5.74) is 5.57. The van der Waals surface area contributed by atoms with Crippen LogP contribution in [0.2, 0.25) is 0 Å². The van der Waals surface area contributed by atoms with Gasteiger partial charge >= 0.3 is 5.97 Å². The van der Waals surface area contributed by atoms with Crippen molar-refractivity contribution in [3.8, 4) is 0 Å². The second-order valence-corrected chi connectivity index (χ2v) is 3.02. The summed E-state index contributed by atoms with van der Waals surface area (Å²) >= 11 is 0. The second-order valence-electron chi connectivity index (χ2n) is 3.02. The molecule has 0 spiro atoms. The van der Waals surface area contributed by atoms with Crippen molar-refractivity contribution in [3.05, 3.63) is 35.8 Å². The number of nitrogens with zero attached hydrogens (tertiary/aromatic N) is 1. The zero-order valence-electron chi connectivity index (χ0n) is 7.57. The highest BCUT2D eigenvalue weighted by Gasteiger charge is 2.12. The van der Waals surface area contributed by atoms with E-state index >= 15 is 0 Å². The normalized spacial score (nSPS) is 10.5. The van der Waals surface area contributed by atoms with E-state index in [0.717, 1.165) is 6.07 Å². The molecule has 0 radical (unpaired) electrons. The first-order valence-electron chi connectivity index (χ1n) is 4.17. The Morgan fingerprint density at radius 1 is 1.40 bits per heavy atom. The van der Waals surface area contributed by atoms with Gasteiger partial charge in [-0.05, 0) is 18.2 Å². The summed E-state index contributed by atoms with van der Waals surface area (Å²) in [7, 11) is 0. The van der Waals surface area contributed by atoms with Gasteiger partial charge in [0.05, 0.1) is 16.8 Å². The molecule has 1 heterocycles. The van der Waals surface area contributed by atoms with Gasteiger partial charge in [0.25, 0.3) is 0 Å². The summed E-state index contributed by atoms with van der Waals surface area (Å²) < 4.78 is 13.1. The molecule has 1 aromatic heterocycles. The largest absolute Gasteiger partial charge is 0.478 e. The average molecular weight is 206 g/mol. The molecule has 3 N–H and O–H groups in total. The zero-order chi connectivity index (χ0) is 11.0. The lowest BCUT2D eigenvalue weighted by Crippen LogP contribution is -2.01. The maximum absolute atomic E-state index is 13.1. The van der Waals surface area contributed by atoms with E-state index in [1.54, 1.807) is 0 Å². The highest BCUT2D eigenvalue weighted by molar-refractivity contribution is 6.05. The van der Waals surface area contributed by atoms with Crippen molar-refractivity contribution in [2.75, 3.05) is 5.73 Å². The Balaban J connectivity index is 2.89. The highest BCUT2D eigenvalue weighted by atomic mass is 19.1. The van der Waals surface area contributed by atoms with Crippen molar-refractivity contribution in [1.82, 2.24) is 4.98 Å². The fourth-order valence-corrected chi connectivity index (χ4v) is 1.40. The van der Waals surface area contributed by atoms with Gasteiger partial charge in [-0.25, -0.2) is 9.18 Å². The Morgan fingerprint density at radius 3 is 2.80 bits per heavy atom. The number of fused-ring (bicyclic) bond motifs is 1. The van der Waals surface area contributed by atoms with Crippen LogP contribution in [0.5, 0.6) is 0 Å². The van der Waals surface area contributed by atoms with E-state index in [9.17, 15) is 9.18 Å². The number of hydrogen-bond acceptors (Lipinski definition) is 3. The lowest BCUT2D eigenvalue weighted by atomic mass is 10.1. The fraction of sp³-hybridized carbons (Fsp3) is 0. The Labute approximate surface area is 84.2 Å². The third kappa shape index (κ3) is 1.38. The molecule has 4 nitrogen and oxygen atoms in total. The SMILES string of the molecule is Nc1c(F)ccc2c(C(=O)O)ccnc12. The second kappa shape index (κ2) is 3.20. The van der Waals surface area contributed by atoms with Gasteiger partial charge in [0.15, 0.2) is 0 Å². The Kier molecular flexibility index (Phi) is 2.00. The zero-order valence-corrected chi connectivity index (χ0v) is 7.57. The van der Waals surface area contributed by atoms with E-state index in [1.165, 1.54) is 18.3 Å². The van der Waals surface area contributed by atoms with Crippen molar-refractivity contribution < 1.29 is 14.3 Å². The van der Waals surface area contributed by atoms with Crippen LogP contribution in [0.25, 0.3) is 10.9 Å². The van der Waals surface area contributed by atoms with Crippen LogP contribution in [0.3, 0.4) is 0 Å². The number of benzene rings is 1. The Bertz CT molecular complexity index is 554. The van der Waals surface area contributed by atoms with Gasteiger partial charge in [-0.1, -0.05) is 0 Å². The number of aromatic carboxylic acids is 1. The molecule has 0 atom stereocenters. The Hall–Kier alpha value is -2.17. The number of carbonyl (C=O) groups is 1. The lowest BCUT2D eigenvalue weighted by molar-refractivity contribution is 0.0699. The van der Waals surface area contributed by atoms with Crippen LogP contribution in [0.1, 0.15) is 10.4 Å². The van der Waals surface area contributed by atoms with Crippen LogP contribution in [-0.2, 0) is 0 Å². The summed E-state index contributed by atoms with van der Waals surface area (Å²) in [6, 6.07) is 3.84. The number of anilines is 1. The van der Waals surface area contributed by atoms with E-state index in [4.69, 9.17) is 10.8 Å². The molecule has 0 unspecified atom stereocenters. The molecule has 0 amide bonds. The van der Waals surface area contributed by atoms with Crippen molar-refractivity contribution >= 4 is 22.6 Å². The van der Waals surface area contributed by atoms with Crippen LogP contribution in [0.15, 0.2) is 24.4 Å². The number of nitrogens with two attached hydrogens (primary N) is 1. The van der Waals surface area contributed by atoms with E-state index < -0.39 is 11.8 Å². The van der Waals surface area contributed by atoms with Gasteiger partial charge in [0, 0.05) is 11.6 Å². The summed E-state index contributed by atoms with van der Waals surface area (Å²) in [6.07, 6.45) is 1.29.